The van der Waals surface area contributed by atoms with Crippen molar-refractivity contribution in [2.45, 2.75) is 30.7 Å². The summed E-state index contributed by atoms with van der Waals surface area (Å²) in [4.78, 5) is 22.5. The summed E-state index contributed by atoms with van der Waals surface area (Å²) in [6, 6.07) is 13.1. The number of amides is 1. The van der Waals surface area contributed by atoms with E-state index in [2.05, 4.69) is 5.32 Å². The third-order valence-electron chi connectivity index (χ3n) is 4.84. The van der Waals surface area contributed by atoms with Crippen molar-refractivity contribution in [3.63, 3.8) is 0 Å². The van der Waals surface area contributed by atoms with E-state index in [9.17, 15) is 30.0 Å². The summed E-state index contributed by atoms with van der Waals surface area (Å²) in [5, 5.41) is 50.3. The molecular weight excluding hydrogens is 410 g/mol. The van der Waals surface area contributed by atoms with Gasteiger partial charge in [-0.15, -0.1) is 0 Å². The highest BCUT2D eigenvalue weighted by Gasteiger charge is 2.44. The minimum absolute atomic E-state index is 0.275. The van der Waals surface area contributed by atoms with Gasteiger partial charge in [0.25, 0.3) is 5.91 Å². The van der Waals surface area contributed by atoms with Gasteiger partial charge in [-0.2, -0.15) is 0 Å². The van der Waals surface area contributed by atoms with E-state index in [1.165, 1.54) is 12.1 Å². The molecule has 2 aromatic rings. The molecule has 0 saturated carbocycles. The second kappa shape index (κ2) is 9.86. The Morgan fingerprint density at radius 1 is 0.968 bits per heavy atom. The number of hydrogen-bond donors (Lipinski definition) is 6. The first kappa shape index (κ1) is 22.7. The number of carboxylic acids is 1. The minimum Gasteiger partial charge on any atom is -0.480 e. The van der Waals surface area contributed by atoms with E-state index in [4.69, 9.17) is 14.6 Å². The van der Waals surface area contributed by atoms with Crippen LogP contribution in [0.3, 0.4) is 0 Å². The van der Waals surface area contributed by atoms with Gasteiger partial charge in [0.15, 0.2) is 0 Å². The molecule has 3 rings (SSSR count). The lowest BCUT2D eigenvalue weighted by molar-refractivity contribution is -0.277. The zero-order chi connectivity index (χ0) is 22.5. The normalized spacial score (nSPS) is 25.6. The van der Waals surface area contributed by atoms with Gasteiger partial charge in [-0.1, -0.05) is 30.3 Å². The number of nitrogens with one attached hydrogen (secondary N) is 1. The molecule has 1 aliphatic rings. The molecule has 6 N–H and O–H groups in total. The van der Waals surface area contributed by atoms with Gasteiger partial charge < -0.3 is 40.3 Å². The first-order valence-corrected chi connectivity index (χ1v) is 9.48. The third kappa shape index (κ3) is 5.19. The Morgan fingerprint density at radius 2 is 1.65 bits per heavy atom. The smallest absolute Gasteiger partial charge is 0.322 e. The second-order valence-corrected chi connectivity index (χ2v) is 6.97. The number of aliphatic hydroxyl groups excluding tert-OH is 4. The Bertz CT molecular complexity index is 915. The topological polar surface area (TPSA) is 166 Å². The largest absolute Gasteiger partial charge is 0.480 e. The van der Waals surface area contributed by atoms with Gasteiger partial charge in [0.05, 0.1) is 6.61 Å². The van der Waals surface area contributed by atoms with Crippen LogP contribution in [0.4, 0.5) is 0 Å². The van der Waals surface area contributed by atoms with Gasteiger partial charge in [-0.3, -0.25) is 9.59 Å². The standard InChI is InChI=1S/C21H23NO9/c23-10-15-17(26)18(27)19(28)21(31-15)30-14-4-2-1-3-13(14)11-5-7-12(8-6-11)20(29)22-9-16(24)25/h1-8,15,17-19,21,23,26-28H,9-10H2,(H,22,29)(H,24,25)/t15-,17-,18-,19+,21+/m1/s1. The summed E-state index contributed by atoms with van der Waals surface area (Å²) >= 11 is 0. The molecule has 0 radical (unpaired) electrons. The van der Waals surface area contributed by atoms with Crippen molar-refractivity contribution >= 4 is 11.9 Å². The molecule has 0 aliphatic carbocycles. The van der Waals surface area contributed by atoms with E-state index in [0.717, 1.165) is 0 Å². The van der Waals surface area contributed by atoms with Crippen molar-refractivity contribution in [1.29, 1.82) is 0 Å². The Labute approximate surface area is 177 Å². The zero-order valence-corrected chi connectivity index (χ0v) is 16.3. The van der Waals surface area contributed by atoms with Crippen LogP contribution in [0.15, 0.2) is 48.5 Å². The predicted molar refractivity (Wildman–Crippen MR) is 106 cm³/mol. The SMILES string of the molecule is O=C(O)CNC(=O)c1ccc(-c2ccccc2O[C@H]2O[C@H](CO)[C@@H](O)[C@@H](O)[C@@H]2O)cc1. The van der Waals surface area contributed by atoms with Gasteiger partial charge in [0.2, 0.25) is 6.29 Å². The van der Waals surface area contributed by atoms with E-state index in [1.54, 1.807) is 36.4 Å². The average Bonchev–Trinajstić information content (AvgIpc) is 2.78. The molecule has 166 valence electrons. The van der Waals surface area contributed by atoms with Crippen molar-refractivity contribution in [3.8, 4) is 16.9 Å². The maximum atomic E-state index is 12.0. The highest BCUT2D eigenvalue weighted by atomic mass is 16.7. The lowest BCUT2D eigenvalue weighted by atomic mass is 9.99. The van der Waals surface area contributed by atoms with Crippen molar-refractivity contribution in [3.05, 3.63) is 54.1 Å². The van der Waals surface area contributed by atoms with Crippen LogP contribution in [0.1, 0.15) is 10.4 Å². The summed E-state index contributed by atoms with van der Waals surface area (Å²) in [6.45, 7) is -1.06. The van der Waals surface area contributed by atoms with Crippen molar-refractivity contribution in [2.24, 2.45) is 0 Å². The lowest BCUT2D eigenvalue weighted by Crippen LogP contribution is -2.60. The summed E-state index contributed by atoms with van der Waals surface area (Å²) < 4.78 is 11.1. The highest BCUT2D eigenvalue weighted by molar-refractivity contribution is 5.96. The summed E-state index contributed by atoms with van der Waals surface area (Å²) in [6.07, 6.45) is -7.04. The van der Waals surface area contributed by atoms with Crippen LogP contribution in [0.2, 0.25) is 0 Å². The number of benzene rings is 2. The van der Waals surface area contributed by atoms with Crippen LogP contribution >= 0.6 is 0 Å². The Morgan fingerprint density at radius 3 is 2.29 bits per heavy atom. The van der Waals surface area contributed by atoms with Gasteiger partial charge in [-0.05, 0) is 23.8 Å². The Balaban J connectivity index is 1.79. The van der Waals surface area contributed by atoms with Crippen LogP contribution in [0.5, 0.6) is 5.75 Å². The quantitative estimate of drug-likeness (QED) is 0.333. The van der Waals surface area contributed by atoms with Crippen molar-refractivity contribution in [2.75, 3.05) is 13.2 Å². The molecule has 31 heavy (non-hydrogen) atoms. The number of aliphatic hydroxyl groups is 4. The zero-order valence-electron chi connectivity index (χ0n) is 16.3. The van der Waals surface area contributed by atoms with Crippen LogP contribution in [0, 0.1) is 0 Å². The van der Waals surface area contributed by atoms with Gasteiger partial charge >= 0.3 is 5.97 Å². The average molecular weight is 433 g/mol. The van der Waals surface area contributed by atoms with E-state index < -0.39 is 55.7 Å². The van der Waals surface area contributed by atoms with E-state index in [1.807, 2.05) is 0 Å². The molecule has 10 heteroatoms. The Hall–Kier alpha value is -3.02. The fourth-order valence-electron chi connectivity index (χ4n) is 3.16. The third-order valence-corrected chi connectivity index (χ3v) is 4.84. The number of aliphatic carboxylic acids is 1. The molecular formula is C21H23NO9. The number of rotatable bonds is 7. The highest BCUT2D eigenvalue weighted by Crippen LogP contribution is 2.33. The minimum atomic E-state index is -1.56. The fourth-order valence-corrected chi connectivity index (χ4v) is 3.16. The first-order valence-electron chi connectivity index (χ1n) is 9.48. The monoisotopic (exact) mass is 433 g/mol. The predicted octanol–water partition coefficient (Wildman–Crippen LogP) is -0.653. The number of para-hydroxylation sites is 1. The van der Waals surface area contributed by atoms with Gasteiger partial charge in [0, 0.05) is 11.1 Å². The maximum absolute atomic E-state index is 12.0. The number of carbonyl (C=O) groups is 2. The molecule has 1 amide bonds. The first-order chi connectivity index (χ1) is 14.8. The van der Waals surface area contributed by atoms with Crippen LogP contribution < -0.4 is 10.1 Å². The number of carboxylic acid groups (broad SMARTS) is 1. The molecule has 5 atom stereocenters. The molecule has 1 fully saturated rings. The Kier molecular flexibility index (Phi) is 7.21. The van der Waals surface area contributed by atoms with Crippen LogP contribution in [0.25, 0.3) is 11.1 Å². The lowest BCUT2D eigenvalue weighted by Gasteiger charge is -2.39. The maximum Gasteiger partial charge on any atom is 0.322 e. The van der Waals surface area contributed by atoms with Crippen molar-refractivity contribution < 1.29 is 44.6 Å². The van der Waals surface area contributed by atoms with Gasteiger partial charge in [-0.25, -0.2) is 0 Å². The fraction of sp³-hybridized carbons (Fsp3) is 0.333. The van der Waals surface area contributed by atoms with Crippen LogP contribution in [-0.2, 0) is 9.53 Å². The number of carbonyl (C=O) groups excluding carboxylic acids is 1. The van der Waals surface area contributed by atoms with E-state index in [-0.39, 0.29) is 5.56 Å². The molecule has 1 saturated heterocycles. The van der Waals surface area contributed by atoms with E-state index in [0.29, 0.717) is 16.9 Å². The molecule has 10 nitrogen and oxygen atoms in total. The molecule has 2 aromatic carbocycles. The van der Waals surface area contributed by atoms with Crippen molar-refractivity contribution in [1.82, 2.24) is 5.32 Å². The summed E-state index contributed by atoms with van der Waals surface area (Å²) in [7, 11) is 0. The van der Waals surface area contributed by atoms with Gasteiger partial charge in [0.1, 0.15) is 36.7 Å². The number of hydrogen-bond acceptors (Lipinski definition) is 8. The molecule has 0 unspecified atom stereocenters. The van der Waals surface area contributed by atoms with Crippen LogP contribution in [-0.4, -0.2) is 81.3 Å². The molecule has 0 bridgehead atoms. The number of ether oxygens (including phenoxy) is 2. The molecule has 1 heterocycles. The summed E-state index contributed by atoms with van der Waals surface area (Å²) in [5.74, 6) is -1.38. The molecule has 0 aromatic heterocycles. The molecule has 1 aliphatic heterocycles. The van der Waals surface area contributed by atoms with E-state index >= 15 is 0 Å². The second-order valence-electron chi connectivity index (χ2n) is 6.97. The summed E-state index contributed by atoms with van der Waals surface area (Å²) in [5.41, 5.74) is 1.53. The molecule has 0 spiro atoms.